The maximum absolute atomic E-state index is 9.54. The zero-order valence-corrected chi connectivity index (χ0v) is 13.8. The highest BCUT2D eigenvalue weighted by Gasteiger charge is 2.19. The van der Waals surface area contributed by atoms with Crippen molar-refractivity contribution < 1.29 is 9.52 Å². The first kappa shape index (κ1) is 15.8. The third-order valence-electron chi connectivity index (χ3n) is 3.97. The van der Waals surface area contributed by atoms with Crippen LogP contribution in [0.15, 0.2) is 47.1 Å². The number of nitrogens with zero attached hydrogens (tertiary/aromatic N) is 2. The number of aromatic hydroxyl groups is 1. The summed E-state index contributed by atoms with van der Waals surface area (Å²) in [7, 11) is 0. The molecule has 0 bridgehead atoms. The quantitative estimate of drug-likeness (QED) is 0.838. The lowest BCUT2D eigenvalue weighted by molar-refractivity contribution is 0.174. The van der Waals surface area contributed by atoms with E-state index in [9.17, 15) is 5.11 Å². The molecule has 1 aliphatic rings. The minimum absolute atomic E-state index is 0.324. The van der Waals surface area contributed by atoms with E-state index in [4.69, 9.17) is 16.6 Å². The highest BCUT2D eigenvalue weighted by Crippen LogP contribution is 2.14. The van der Waals surface area contributed by atoms with Gasteiger partial charge in [-0.3, -0.25) is 4.90 Å². The van der Waals surface area contributed by atoms with Gasteiger partial charge in [0.25, 0.3) is 0 Å². The topological polar surface area (TPSA) is 51.9 Å². The molecule has 5 nitrogen and oxygen atoms in total. The predicted molar refractivity (Wildman–Crippen MR) is 93.1 cm³/mol. The lowest BCUT2D eigenvalue weighted by Crippen LogP contribution is -2.51. The second kappa shape index (κ2) is 7.48. The SMILES string of the molecule is Oc1cccc(CN2CCN(C(=S)NCc3ccco3)CC2)c1. The number of furan rings is 1. The minimum atomic E-state index is 0.324. The number of benzene rings is 1. The van der Waals surface area contributed by atoms with Gasteiger partial charge in [-0.05, 0) is 42.0 Å². The molecule has 1 saturated heterocycles. The molecule has 6 heteroatoms. The molecular formula is C17H21N3O2S. The van der Waals surface area contributed by atoms with Crippen molar-refractivity contribution in [2.75, 3.05) is 26.2 Å². The Labute approximate surface area is 141 Å². The van der Waals surface area contributed by atoms with Crippen LogP contribution in [-0.2, 0) is 13.1 Å². The zero-order valence-electron chi connectivity index (χ0n) is 12.9. The maximum Gasteiger partial charge on any atom is 0.169 e. The Morgan fingerprint density at radius 3 is 2.70 bits per heavy atom. The molecule has 122 valence electrons. The van der Waals surface area contributed by atoms with Crippen molar-refractivity contribution in [2.24, 2.45) is 0 Å². The standard InChI is InChI=1S/C17H21N3O2S/c21-15-4-1-3-14(11-15)13-19-6-8-20(9-7-19)17(23)18-12-16-5-2-10-22-16/h1-5,10-11,21H,6-9,12-13H2,(H,18,23). The minimum Gasteiger partial charge on any atom is -0.508 e. The largest absolute Gasteiger partial charge is 0.508 e. The number of nitrogens with one attached hydrogen (secondary N) is 1. The summed E-state index contributed by atoms with van der Waals surface area (Å²) in [6.07, 6.45) is 1.67. The van der Waals surface area contributed by atoms with Gasteiger partial charge in [0.2, 0.25) is 0 Å². The van der Waals surface area contributed by atoms with Gasteiger partial charge < -0.3 is 19.7 Å². The van der Waals surface area contributed by atoms with E-state index in [1.54, 1.807) is 12.3 Å². The van der Waals surface area contributed by atoms with E-state index in [-0.39, 0.29) is 0 Å². The fourth-order valence-electron chi connectivity index (χ4n) is 2.71. The maximum atomic E-state index is 9.54. The Kier molecular flexibility index (Phi) is 5.15. The number of phenolic OH excluding ortho intramolecular Hbond substituents is 1. The summed E-state index contributed by atoms with van der Waals surface area (Å²) in [5, 5.41) is 13.6. The van der Waals surface area contributed by atoms with Gasteiger partial charge in [-0.15, -0.1) is 0 Å². The number of piperazine rings is 1. The molecule has 2 aromatic rings. The van der Waals surface area contributed by atoms with Crippen LogP contribution in [0.1, 0.15) is 11.3 Å². The molecule has 1 aromatic heterocycles. The van der Waals surface area contributed by atoms with Crippen LogP contribution in [0.4, 0.5) is 0 Å². The smallest absolute Gasteiger partial charge is 0.169 e. The molecule has 1 aromatic carbocycles. The second-order valence-electron chi connectivity index (χ2n) is 5.67. The molecule has 0 saturated carbocycles. The third-order valence-corrected chi connectivity index (χ3v) is 4.37. The Morgan fingerprint density at radius 2 is 2.00 bits per heavy atom. The van der Waals surface area contributed by atoms with Crippen LogP contribution >= 0.6 is 12.2 Å². The second-order valence-corrected chi connectivity index (χ2v) is 6.06. The molecule has 0 amide bonds. The van der Waals surface area contributed by atoms with Crippen molar-refractivity contribution in [1.82, 2.24) is 15.1 Å². The van der Waals surface area contributed by atoms with E-state index >= 15 is 0 Å². The Morgan fingerprint density at radius 1 is 1.17 bits per heavy atom. The summed E-state index contributed by atoms with van der Waals surface area (Å²) < 4.78 is 5.30. The summed E-state index contributed by atoms with van der Waals surface area (Å²) in [5.41, 5.74) is 1.14. The number of thiocarbonyl (C=S) groups is 1. The summed E-state index contributed by atoms with van der Waals surface area (Å²) in [5.74, 6) is 1.21. The average molecular weight is 331 g/mol. The fraction of sp³-hybridized carbons (Fsp3) is 0.353. The van der Waals surface area contributed by atoms with Crippen LogP contribution in [0.25, 0.3) is 0 Å². The summed E-state index contributed by atoms with van der Waals surface area (Å²) in [6.45, 7) is 5.20. The van der Waals surface area contributed by atoms with E-state index in [0.29, 0.717) is 12.3 Å². The first-order valence-electron chi connectivity index (χ1n) is 7.76. The average Bonchev–Trinajstić information content (AvgIpc) is 3.07. The number of phenols is 1. The van der Waals surface area contributed by atoms with E-state index < -0.39 is 0 Å². The van der Waals surface area contributed by atoms with Crippen molar-refractivity contribution in [2.45, 2.75) is 13.1 Å². The van der Waals surface area contributed by atoms with Crippen molar-refractivity contribution in [1.29, 1.82) is 0 Å². The highest BCUT2D eigenvalue weighted by molar-refractivity contribution is 7.80. The van der Waals surface area contributed by atoms with Gasteiger partial charge in [-0.2, -0.15) is 0 Å². The molecule has 0 spiro atoms. The molecule has 0 radical (unpaired) electrons. The van der Waals surface area contributed by atoms with Gasteiger partial charge in [0.15, 0.2) is 5.11 Å². The van der Waals surface area contributed by atoms with Crippen molar-refractivity contribution >= 4 is 17.3 Å². The van der Waals surface area contributed by atoms with Crippen LogP contribution in [0.3, 0.4) is 0 Å². The molecule has 0 aliphatic carbocycles. The van der Waals surface area contributed by atoms with Gasteiger partial charge in [-0.25, -0.2) is 0 Å². The molecule has 2 heterocycles. The molecule has 3 rings (SSSR count). The van der Waals surface area contributed by atoms with Crippen LogP contribution in [0, 0.1) is 0 Å². The number of hydrogen-bond donors (Lipinski definition) is 2. The summed E-state index contributed by atoms with van der Waals surface area (Å²) in [6, 6.07) is 11.3. The van der Waals surface area contributed by atoms with Crippen molar-refractivity contribution in [3.8, 4) is 5.75 Å². The lowest BCUT2D eigenvalue weighted by Gasteiger charge is -2.36. The van der Waals surface area contributed by atoms with E-state index in [1.807, 2.05) is 30.3 Å². The van der Waals surface area contributed by atoms with Gasteiger partial charge in [-0.1, -0.05) is 12.1 Å². The van der Waals surface area contributed by atoms with E-state index in [1.165, 1.54) is 0 Å². The predicted octanol–water partition coefficient (Wildman–Crippen LogP) is 2.18. The van der Waals surface area contributed by atoms with Crippen LogP contribution in [-0.4, -0.2) is 46.2 Å². The molecule has 2 N–H and O–H groups in total. The van der Waals surface area contributed by atoms with Crippen LogP contribution in [0.5, 0.6) is 5.75 Å². The number of hydrogen-bond acceptors (Lipinski definition) is 4. The molecule has 1 aliphatic heterocycles. The zero-order chi connectivity index (χ0) is 16.1. The number of rotatable bonds is 4. The van der Waals surface area contributed by atoms with Crippen molar-refractivity contribution in [3.05, 3.63) is 54.0 Å². The highest BCUT2D eigenvalue weighted by atomic mass is 32.1. The Hall–Kier alpha value is -2.05. The van der Waals surface area contributed by atoms with Gasteiger partial charge in [0.05, 0.1) is 12.8 Å². The first-order chi connectivity index (χ1) is 11.2. The molecule has 0 unspecified atom stereocenters. The Bertz CT molecular complexity index is 637. The van der Waals surface area contributed by atoms with Crippen LogP contribution < -0.4 is 5.32 Å². The third kappa shape index (κ3) is 4.46. The summed E-state index contributed by atoms with van der Waals surface area (Å²) >= 11 is 5.45. The van der Waals surface area contributed by atoms with E-state index in [0.717, 1.165) is 49.2 Å². The monoisotopic (exact) mass is 331 g/mol. The first-order valence-corrected chi connectivity index (χ1v) is 8.17. The lowest BCUT2D eigenvalue weighted by atomic mass is 10.2. The summed E-state index contributed by atoms with van der Waals surface area (Å²) in [4.78, 5) is 4.57. The fourth-order valence-corrected chi connectivity index (χ4v) is 2.96. The van der Waals surface area contributed by atoms with Crippen LogP contribution in [0.2, 0.25) is 0 Å². The Balaban J connectivity index is 1.43. The molecule has 1 fully saturated rings. The van der Waals surface area contributed by atoms with Gasteiger partial charge in [0, 0.05) is 32.7 Å². The molecule has 0 atom stereocenters. The normalized spacial score (nSPS) is 15.6. The van der Waals surface area contributed by atoms with E-state index in [2.05, 4.69) is 15.1 Å². The van der Waals surface area contributed by atoms with Gasteiger partial charge >= 0.3 is 0 Å². The van der Waals surface area contributed by atoms with Gasteiger partial charge in [0.1, 0.15) is 11.5 Å². The van der Waals surface area contributed by atoms with Crippen molar-refractivity contribution in [3.63, 3.8) is 0 Å². The molecule has 23 heavy (non-hydrogen) atoms. The molecular weight excluding hydrogens is 310 g/mol.